The number of nitrogens with zero attached hydrogens (tertiary/aromatic N) is 4. The molecule has 40 heavy (non-hydrogen) atoms. The molecule has 3 aromatic heterocycles. The summed E-state index contributed by atoms with van der Waals surface area (Å²) in [7, 11) is -3.43. The number of carbonyl (C=O) groups is 1. The number of nitrogens with one attached hydrogen (secondary N) is 1. The lowest BCUT2D eigenvalue weighted by Crippen LogP contribution is -2.31. The number of aliphatic hydroxyl groups is 1. The van der Waals surface area contributed by atoms with Crippen LogP contribution in [0.3, 0.4) is 0 Å². The van der Waals surface area contributed by atoms with E-state index in [0.29, 0.717) is 42.0 Å². The second kappa shape index (κ2) is 11.1. The molecule has 3 aromatic rings. The minimum atomic E-state index is -4.14. The lowest BCUT2D eigenvalue weighted by atomic mass is 9.81. The van der Waals surface area contributed by atoms with Crippen LogP contribution in [0.2, 0.25) is 0 Å². The molecule has 2 N–H and O–H groups in total. The minimum absolute atomic E-state index is 0.0619. The Morgan fingerprint density at radius 2 is 1.85 bits per heavy atom. The van der Waals surface area contributed by atoms with Gasteiger partial charge in [0.15, 0.2) is 9.84 Å². The number of aliphatic hydroxyl groups excluding tert-OH is 1. The van der Waals surface area contributed by atoms with Crippen molar-refractivity contribution in [2.45, 2.75) is 75.0 Å². The Labute approximate surface area is 230 Å². The van der Waals surface area contributed by atoms with Crippen LogP contribution >= 0.6 is 0 Å². The quantitative estimate of drug-likeness (QED) is 0.386. The second-order valence-electron chi connectivity index (χ2n) is 10.7. The van der Waals surface area contributed by atoms with E-state index >= 15 is 0 Å². The smallest absolute Gasteiger partial charge is 0.391 e. The fourth-order valence-electron chi connectivity index (χ4n) is 5.38. The number of hydrogen-bond acceptors (Lipinski definition) is 7. The van der Waals surface area contributed by atoms with Crippen molar-refractivity contribution in [3.8, 4) is 0 Å². The highest BCUT2D eigenvalue weighted by molar-refractivity contribution is 7.91. The molecule has 1 atom stereocenters. The predicted molar refractivity (Wildman–Crippen MR) is 140 cm³/mol. The van der Waals surface area contributed by atoms with E-state index in [2.05, 4.69) is 15.3 Å². The average Bonchev–Trinajstić information content (AvgIpc) is 3.71. The maximum atomic E-state index is 13.1. The van der Waals surface area contributed by atoms with Crippen LogP contribution in [0, 0.1) is 11.8 Å². The third-order valence-corrected chi connectivity index (χ3v) is 9.65. The summed E-state index contributed by atoms with van der Waals surface area (Å²) in [6.45, 7) is 1.60. The fourth-order valence-corrected chi connectivity index (χ4v) is 6.20. The van der Waals surface area contributed by atoms with Gasteiger partial charge < -0.3 is 10.4 Å². The molecular formula is C27H32F3N5O4S. The van der Waals surface area contributed by atoms with Gasteiger partial charge in [0.2, 0.25) is 0 Å². The Hall–Kier alpha value is -3.06. The van der Waals surface area contributed by atoms with E-state index in [4.69, 9.17) is 5.10 Å². The van der Waals surface area contributed by atoms with Crippen molar-refractivity contribution in [3.63, 3.8) is 0 Å². The third kappa shape index (κ3) is 5.99. The average molecular weight is 580 g/mol. The first kappa shape index (κ1) is 28.5. The first-order valence-electron chi connectivity index (χ1n) is 13.5. The summed E-state index contributed by atoms with van der Waals surface area (Å²) in [6.07, 6.45) is 1.75. The second-order valence-corrected chi connectivity index (χ2v) is 13.0. The lowest BCUT2D eigenvalue weighted by Gasteiger charge is -2.30. The van der Waals surface area contributed by atoms with Gasteiger partial charge in [0.1, 0.15) is 11.0 Å². The van der Waals surface area contributed by atoms with Gasteiger partial charge in [-0.3, -0.25) is 19.4 Å². The molecular weight excluding hydrogens is 547 g/mol. The largest absolute Gasteiger partial charge is 0.394 e. The number of alkyl halides is 3. The molecule has 9 nitrogen and oxygen atoms in total. The summed E-state index contributed by atoms with van der Waals surface area (Å²) in [4.78, 5) is 21.8. The van der Waals surface area contributed by atoms with E-state index in [1.165, 1.54) is 31.5 Å². The number of amides is 1. The zero-order chi connectivity index (χ0) is 28.7. The molecule has 0 aromatic carbocycles. The van der Waals surface area contributed by atoms with E-state index in [-0.39, 0.29) is 35.0 Å². The maximum Gasteiger partial charge on any atom is 0.391 e. The van der Waals surface area contributed by atoms with Crippen LogP contribution in [0.1, 0.15) is 79.2 Å². The molecule has 1 amide bonds. The molecule has 5 rings (SSSR count). The van der Waals surface area contributed by atoms with Gasteiger partial charge in [-0.1, -0.05) is 6.92 Å². The van der Waals surface area contributed by atoms with Gasteiger partial charge in [-0.05, 0) is 62.6 Å². The van der Waals surface area contributed by atoms with Gasteiger partial charge >= 0.3 is 6.18 Å². The van der Waals surface area contributed by atoms with Gasteiger partial charge in [-0.25, -0.2) is 8.42 Å². The zero-order valence-corrected chi connectivity index (χ0v) is 22.9. The van der Waals surface area contributed by atoms with E-state index in [0.717, 1.165) is 18.5 Å². The van der Waals surface area contributed by atoms with Gasteiger partial charge in [0.25, 0.3) is 5.91 Å². The summed E-state index contributed by atoms with van der Waals surface area (Å²) in [5, 5.41) is 17.3. The third-order valence-electron chi connectivity index (χ3n) is 7.93. The van der Waals surface area contributed by atoms with E-state index in [1.807, 2.05) is 4.68 Å². The zero-order valence-electron chi connectivity index (χ0n) is 22.1. The van der Waals surface area contributed by atoms with Gasteiger partial charge in [0.05, 0.1) is 46.2 Å². The number of aromatic nitrogens is 4. The number of sulfone groups is 1. The Kier molecular flexibility index (Phi) is 7.88. The predicted octanol–water partition coefficient (Wildman–Crippen LogP) is 4.33. The van der Waals surface area contributed by atoms with E-state index in [9.17, 15) is 31.5 Å². The van der Waals surface area contributed by atoms with Gasteiger partial charge in [-0.15, -0.1) is 0 Å². The molecule has 0 bridgehead atoms. The molecule has 3 heterocycles. The number of rotatable bonds is 9. The Morgan fingerprint density at radius 1 is 1.12 bits per heavy atom. The standard InChI is InChI=1S/C27H32F3N5O4S/c1-2-40(38,39)20-9-10-21(31-13-20)23(15-36)33-26(37)18-11-22-24(32-12-18)25(17-5-6-17)35(34-22)14-16-3-7-19(8-4-16)27(28,29)30/h9-13,16-17,19,23,36H,2-8,14-15H2,1H3,(H,33,37)/t16?,19?,23-/m0/s1. The van der Waals surface area contributed by atoms with Crippen LogP contribution in [0.5, 0.6) is 0 Å². The number of pyridine rings is 2. The van der Waals surface area contributed by atoms with Crippen molar-refractivity contribution in [2.24, 2.45) is 11.8 Å². The van der Waals surface area contributed by atoms with Crippen LogP contribution in [0.4, 0.5) is 13.2 Å². The number of carbonyl (C=O) groups excluding carboxylic acids is 1. The first-order valence-corrected chi connectivity index (χ1v) is 15.2. The molecule has 2 fully saturated rings. The summed E-state index contributed by atoms with van der Waals surface area (Å²) >= 11 is 0. The molecule has 0 radical (unpaired) electrons. The SMILES string of the molecule is CCS(=O)(=O)c1ccc([C@H](CO)NC(=O)c2cnc3c(C4CC4)n(CC4CCC(C(F)(F)F)CC4)nc3c2)nc1. The fraction of sp³-hybridized carbons (Fsp3) is 0.556. The lowest BCUT2D eigenvalue weighted by molar-refractivity contribution is -0.184. The topological polar surface area (TPSA) is 127 Å². The van der Waals surface area contributed by atoms with Crippen LogP contribution in [-0.2, 0) is 16.4 Å². The number of hydrogen-bond donors (Lipinski definition) is 2. The summed E-state index contributed by atoms with van der Waals surface area (Å²) in [6, 6.07) is 3.61. The Morgan fingerprint density at radius 3 is 2.42 bits per heavy atom. The number of halogens is 3. The monoisotopic (exact) mass is 579 g/mol. The van der Waals surface area contributed by atoms with Gasteiger partial charge in [-0.2, -0.15) is 18.3 Å². The molecule has 2 aliphatic rings. The van der Waals surface area contributed by atoms with Crippen molar-refractivity contribution in [1.29, 1.82) is 0 Å². The van der Waals surface area contributed by atoms with Crippen LogP contribution in [0.25, 0.3) is 11.0 Å². The van der Waals surface area contributed by atoms with Gasteiger partial charge in [0, 0.05) is 24.9 Å². The van der Waals surface area contributed by atoms with Crippen molar-refractivity contribution >= 4 is 26.8 Å². The summed E-state index contributed by atoms with van der Waals surface area (Å²) in [5.41, 5.74) is 2.73. The van der Waals surface area contributed by atoms with E-state index in [1.54, 1.807) is 6.07 Å². The highest BCUT2D eigenvalue weighted by Gasteiger charge is 2.41. The minimum Gasteiger partial charge on any atom is -0.394 e. The molecule has 0 spiro atoms. The molecule has 216 valence electrons. The molecule has 13 heteroatoms. The normalized spacial score (nSPS) is 20.9. The highest BCUT2D eigenvalue weighted by Crippen LogP contribution is 2.44. The van der Waals surface area contributed by atoms with E-state index < -0.39 is 40.5 Å². The highest BCUT2D eigenvalue weighted by atomic mass is 32.2. The Bertz CT molecular complexity index is 1480. The van der Waals surface area contributed by atoms with Crippen LogP contribution in [-0.4, -0.2) is 57.7 Å². The van der Waals surface area contributed by atoms with Crippen molar-refractivity contribution in [1.82, 2.24) is 25.1 Å². The molecule has 2 saturated carbocycles. The Balaban J connectivity index is 1.32. The van der Waals surface area contributed by atoms with Crippen LogP contribution in [0.15, 0.2) is 35.5 Å². The first-order chi connectivity index (χ1) is 19.0. The molecule has 0 aliphatic heterocycles. The molecule has 0 unspecified atom stereocenters. The molecule has 0 saturated heterocycles. The van der Waals surface area contributed by atoms with Crippen molar-refractivity contribution in [2.75, 3.05) is 12.4 Å². The summed E-state index contributed by atoms with van der Waals surface area (Å²) < 4.78 is 65.2. The van der Waals surface area contributed by atoms with Crippen molar-refractivity contribution < 1.29 is 31.5 Å². The summed E-state index contributed by atoms with van der Waals surface area (Å²) in [5.74, 6) is -1.40. The molecule has 2 aliphatic carbocycles. The van der Waals surface area contributed by atoms with Crippen molar-refractivity contribution in [3.05, 3.63) is 47.5 Å². The maximum absolute atomic E-state index is 13.1. The van der Waals surface area contributed by atoms with Crippen LogP contribution < -0.4 is 5.32 Å². The number of fused-ring (bicyclic) bond motifs is 1.